The number of para-hydroxylation sites is 2. The van der Waals surface area contributed by atoms with Crippen LogP contribution in [0.5, 0.6) is 5.75 Å². The lowest BCUT2D eigenvalue weighted by Crippen LogP contribution is -2.28. The molecule has 8 heteroatoms. The Kier molecular flexibility index (Phi) is 4.83. The van der Waals surface area contributed by atoms with Gasteiger partial charge in [-0.3, -0.25) is 0 Å². The number of ether oxygens (including phenoxy) is 2. The van der Waals surface area contributed by atoms with E-state index in [4.69, 9.17) is 42.5 Å². The summed E-state index contributed by atoms with van der Waals surface area (Å²) < 4.78 is 11.2. The molecule has 0 radical (unpaired) electrons. The molecule has 2 heterocycles. The van der Waals surface area contributed by atoms with Crippen molar-refractivity contribution in [2.24, 2.45) is 5.73 Å². The molecule has 0 saturated carbocycles. The molecule has 4 aromatic rings. The summed E-state index contributed by atoms with van der Waals surface area (Å²) in [4.78, 5) is 22.6. The highest BCUT2D eigenvalue weighted by Gasteiger charge is 2.38. The number of nitrogens with two attached hydrogens (primary N) is 2. The lowest BCUT2D eigenvalue weighted by molar-refractivity contribution is -0.139. The monoisotopic (exact) mass is 446 g/mol. The highest BCUT2D eigenvalue weighted by Crippen LogP contribution is 2.48. The molecule has 0 spiro atoms. The molecule has 0 fully saturated rings. The van der Waals surface area contributed by atoms with Gasteiger partial charge in [0.2, 0.25) is 5.88 Å². The van der Waals surface area contributed by atoms with Crippen LogP contribution in [0.3, 0.4) is 0 Å². The topological polar surface area (TPSA) is 113 Å². The van der Waals surface area contributed by atoms with Gasteiger partial charge in [0.15, 0.2) is 5.75 Å². The van der Waals surface area contributed by atoms with Crippen LogP contribution in [-0.4, -0.2) is 22.5 Å². The van der Waals surface area contributed by atoms with E-state index in [-0.39, 0.29) is 18.1 Å². The third-order valence-electron chi connectivity index (χ3n) is 5.41. The number of fused-ring (bicyclic) bond motifs is 4. The minimum Gasteiger partial charge on any atom is -0.462 e. The fourth-order valence-electron chi connectivity index (χ4n) is 4.04. The first-order valence-corrected chi connectivity index (χ1v) is 10.4. The molecule has 4 N–H and O–H groups in total. The van der Waals surface area contributed by atoms with E-state index in [1.807, 2.05) is 36.4 Å². The summed E-state index contributed by atoms with van der Waals surface area (Å²) >= 11 is 6.12. The molecule has 0 saturated heterocycles. The van der Waals surface area contributed by atoms with Crippen LogP contribution in [0.4, 0.5) is 5.69 Å². The molecule has 160 valence electrons. The molecule has 1 aromatic heterocycles. The molecule has 32 heavy (non-hydrogen) atoms. The van der Waals surface area contributed by atoms with Crippen molar-refractivity contribution < 1.29 is 14.3 Å². The Morgan fingerprint density at radius 1 is 1.06 bits per heavy atom. The van der Waals surface area contributed by atoms with Crippen LogP contribution in [0.15, 0.2) is 66.1 Å². The van der Waals surface area contributed by atoms with Crippen molar-refractivity contribution in [1.82, 2.24) is 9.97 Å². The first-order chi connectivity index (χ1) is 15.5. The van der Waals surface area contributed by atoms with Crippen LogP contribution in [0.25, 0.3) is 22.1 Å². The van der Waals surface area contributed by atoms with Crippen LogP contribution in [0.1, 0.15) is 24.0 Å². The number of hydrogen-bond donors (Lipinski definition) is 2. The predicted octanol–water partition coefficient (Wildman–Crippen LogP) is 4.28. The summed E-state index contributed by atoms with van der Waals surface area (Å²) in [6, 6.07) is 16.4. The number of nitrogens with zero attached hydrogens (tertiary/aromatic N) is 2. The van der Waals surface area contributed by atoms with Crippen LogP contribution >= 0.6 is 11.6 Å². The first kappa shape index (κ1) is 20.1. The maximum Gasteiger partial charge on any atom is 0.340 e. The fourth-order valence-corrected chi connectivity index (χ4v) is 4.16. The van der Waals surface area contributed by atoms with E-state index >= 15 is 0 Å². The number of nitrogen functional groups attached to an aromatic ring is 1. The molecule has 0 aliphatic carbocycles. The molecule has 7 nitrogen and oxygen atoms in total. The number of hydrogen-bond acceptors (Lipinski definition) is 7. The number of halogens is 1. The van der Waals surface area contributed by atoms with Crippen LogP contribution in [0, 0.1) is 0 Å². The SMILES string of the molecule is CCOC(=O)C1=C(N)Oc2c(N)cc3nc4ccccc4nc3c2C1c1ccc(Cl)cc1. The number of rotatable bonds is 3. The van der Waals surface area contributed by atoms with E-state index in [0.717, 1.165) is 11.1 Å². The number of esters is 1. The first-order valence-electron chi connectivity index (χ1n) is 10.1. The molecule has 1 aliphatic rings. The number of carbonyl (C=O) groups excluding carboxylic acids is 1. The van der Waals surface area contributed by atoms with E-state index in [0.29, 0.717) is 38.6 Å². The highest BCUT2D eigenvalue weighted by molar-refractivity contribution is 6.30. The Morgan fingerprint density at radius 3 is 2.44 bits per heavy atom. The minimum absolute atomic E-state index is 0.0595. The van der Waals surface area contributed by atoms with Gasteiger partial charge in [-0.15, -0.1) is 0 Å². The predicted molar refractivity (Wildman–Crippen MR) is 123 cm³/mol. The normalized spacial score (nSPS) is 15.5. The van der Waals surface area contributed by atoms with Gasteiger partial charge in [0.25, 0.3) is 0 Å². The Bertz CT molecular complexity index is 1420. The van der Waals surface area contributed by atoms with Gasteiger partial charge in [-0.05, 0) is 42.8 Å². The molecule has 3 aromatic carbocycles. The van der Waals surface area contributed by atoms with Gasteiger partial charge in [-0.25, -0.2) is 14.8 Å². The Morgan fingerprint density at radius 2 is 1.75 bits per heavy atom. The summed E-state index contributed by atoms with van der Waals surface area (Å²) in [6.07, 6.45) is 0. The molecule has 1 aliphatic heterocycles. The van der Waals surface area contributed by atoms with Gasteiger partial charge >= 0.3 is 5.97 Å². The minimum atomic E-state index is -0.628. The van der Waals surface area contributed by atoms with Crippen LogP contribution in [0.2, 0.25) is 5.02 Å². The summed E-state index contributed by atoms with van der Waals surface area (Å²) in [6.45, 7) is 1.92. The van der Waals surface area contributed by atoms with E-state index in [1.54, 1.807) is 25.1 Å². The maximum absolute atomic E-state index is 13.0. The second kappa shape index (κ2) is 7.69. The molecule has 0 bridgehead atoms. The fraction of sp³-hybridized carbons (Fsp3) is 0.125. The number of benzene rings is 3. The molecule has 1 atom stereocenters. The average Bonchev–Trinajstić information content (AvgIpc) is 2.78. The van der Waals surface area contributed by atoms with Crippen molar-refractivity contribution in [2.45, 2.75) is 12.8 Å². The van der Waals surface area contributed by atoms with Crippen molar-refractivity contribution in [3.63, 3.8) is 0 Å². The third-order valence-corrected chi connectivity index (χ3v) is 5.66. The van der Waals surface area contributed by atoms with Crippen molar-refractivity contribution >= 4 is 45.3 Å². The van der Waals surface area contributed by atoms with Gasteiger partial charge in [0.05, 0.1) is 40.3 Å². The second-order valence-corrected chi connectivity index (χ2v) is 7.81. The summed E-state index contributed by atoms with van der Waals surface area (Å²) in [7, 11) is 0. The Hall–Kier alpha value is -3.84. The molecular weight excluding hydrogens is 428 g/mol. The standard InChI is InChI=1S/C24H19ClN4O3/c1-2-31-24(30)20-18(12-7-9-13(25)10-8-12)19-21-17(11-14(26)22(19)32-23(20)27)28-15-5-3-4-6-16(15)29-21/h3-11,18H,2,26-27H2,1H3. The second-order valence-electron chi connectivity index (χ2n) is 7.37. The van der Waals surface area contributed by atoms with Crippen LogP contribution < -0.4 is 16.2 Å². The van der Waals surface area contributed by atoms with Crippen molar-refractivity contribution in [1.29, 1.82) is 0 Å². The van der Waals surface area contributed by atoms with Crippen molar-refractivity contribution in [3.05, 3.63) is 82.2 Å². The maximum atomic E-state index is 13.0. The Labute approximate surface area is 188 Å². The zero-order valence-corrected chi connectivity index (χ0v) is 17.9. The van der Waals surface area contributed by atoms with Crippen molar-refractivity contribution in [3.8, 4) is 5.75 Å². The van der Waals surface area contributed by atoms with Gasteiger partial charge in [0.1, 0.15) is 5.57 Å². The molecule has 5 rings (SSSR count). The van der Waals surface area contributed by atoms with E-state index in [9.17, 15) is 4.79 Å². The Balaban J connectivity index is 1.87. The zero-order valence-electron chi connectivity index (χ0n) is 17.1. The number of anilines is 1. The summed E-state index contributed by atoms with van der Waals surface area (Å²) in [5, 5.41) is 0.568. The largest absolute Gasteiger partial charge is 0.462 e. The molecule has 1 unspecified atom stereocenters. The van der Waals surface area contributed by atoms with E-state index < -0.39 is 11.9 Å². The quantitative estimate of drug-likeness (QED) is 0.274. The van der Waals surface area contributed by atoms with Crippen molar-refractivity contribution in [2.75, 3.05) is 12.3 Å². The lowest BCUT2D eigenvalue weighted by Gasteiger charge is -2.30. The van der Waals surface area contributed by atoms with Gasteiger partial charge in [-0.1, -0.05) is 35.9 Å². The van der Waals surface area contributed by atoms with Crippen LogP contribution in [-0.2, 0) is 9.53 Å². The molecule has 0 amide bonds. The number of carbonyl (C=O) groups is 1. The van der Waals surface area contributed by atoms with Gasteiger partial charge < -0.3 is 20.9 Å². The zero-order chi connectivity index (χ0) is 22.4. The van der Waals surface area contributed by atoms with Gasteiger partial charge in [0, 0.05) is 10.6 Å². The molecular formula is C24H19ClN4O3. The number of aromatic nitrogens is 2. The average molecular weight is 447 g/mol. The highest BCUT2D eigenvalue weighted by atomic mass is 35.5. The van der Waals surface area contributed by atoms with E-state index in [1.165, 1.54) is 0 Å². The lowest BCUT2D eigenvalue weighted by atomic mass is 9.82. The van der Waals surface area contributed by atoms with E-state index in [2.05, 4.69) is 0 Å². The summed E-state index contributed by atoms with van der Waals surface area (Å²) in [5.74, 6) is -0.903. The van der Waals surface area contributed by atoms with Gasteiger partial charge in [-0.2, -0.15) is 0 Å². The smallest absolute Gasteiger partial charge is 0.340 e. The third kappa shape index (κ3) is 3.18. The summed E-state index contributed by atoms with van der Waals surface area (Å²) in [5.41, 5.74) is 17.1.